The summed E-state index contributed by atoms with van der Waals surface area (Å²) in [4.78, 5) is 13.6. The van der Waals surface area contributed by atoms with E-state index in [1.165, 1.54) is 6.26 Å². The average molecular weight is 272 g/mol. The third kappa shape index (κ3) is 2.11. The summed E-state index contributed by atoms with van der Waals surface area (Å²) < 4.78 is 5.32. The molecule has 2 heterocycles. The molecule has 1 unspecified atom stereocenters. The molecule has 1 aromatic carbocycles. The van der Waals surface area contributed by atoms with Crippen molar-refractivity contribution in [2.45, 2.75) is 5.92 Å². The molecule has 6 heteroatoms. The van der Waals surface area contributed by atoms with Gasteiger partial charge in [-0.1, -0.05) is 0 Å². The van der Waals surface area contributed by atoms with Crippen molar-refractivity contribution in [3.8, 4) is 5.75 Å². The summed E-state index contributed by atoms with van der Waals surface area (Å²) >= 11 is 0. The zero-order valence-electron chi connectivity index (χ0n) is 10.4. The van der Waals surface area contributed by atoms with Crippen LogP contribution in [0.5, 0.6) is 5.75 Å². The van der Waals surface area contributed by atoms with E-state index in [1.54, 1.807) is 36.5 Å². The number of nitrogens with zero attached hydrogens (tertiary/aromatic N) is 1. The fourth-order valence-corrected chi connectivity index (χ4v) is 2.40. The number of aromatic hydroxyl groups is 1. The van der Waals surface area contributed by atoms with E-state index in [0.717, 1.165) is 16.5 Å². The van der Waals surface area contributed by atoms with Crippen LogP contribution in [0.4, 0.5) is 0 Å². The molecule has 0 saturated carbocycles. The molecule has 0 bridgehead atoms. The van der Waals surface area contributed by atoms with Crippen molar-refractivity contribution in [2.75, 3.05) is 6.54 Å². The van der Waals surface area contributed by atoms with Crippen molar-refractivity contribution in [3.63, 3.8) is 0 Å². The predicted octanol–water partition coefficient (Wildman–Crippen LogP) is 2.88. The molecule has 2 aromatic heterocycles. The number of phenols is 1. The second-order valence-electron chi connectivity index (χ2n) is 4.56. The van der Waals surface area contributed by atoms with Gasteiger partial charge in [0.2, 0.25) is 6.54 Å². The second-order valence-corrected chi connectivity index (χ2v) is 4.56. The van der Waals surface area contributed by atoms with E-state index >= 15 is 0 Å². The summed E-state index contributed by atoms with van der Waals surface area (Å²) in [5, 5.41) is 21.3. The van der Waals surface area contributed by atoms with Gasteiger partial charge in [0.1, 0.15) is 17.4 Å². The first kappa shape index (κ1) is 12.3. The Bertz CT molecular complexity index is 746. The van der Waals surface area contributed by atoms with E-state index in [1.807, 2.05) is 0 Å². The van der Waals surface area contributed by atoms with Crippen molar-refractivity contribution >= 4 is 10.9 Å². The number of hydrogen-bond acceptors (Lipinski definition) is 4. The first-order valence-electron chi connectivity index (χ1n) is 6.10. The Morgan fingerprint density at radius 2 is 2.25 bits per heavy atom. The number of rotatable bonds is 4. The van der Waals surface area contributed by atoms with Crippen LogP contribution in [0.25, 0.3) is 10.9 Å². The number of aromatic amines is 1. The molecule has 1 atom stereocenters. The topological polar surface area (TPSA) is 92.3 Å². The highest BCUT2D eigenvalue weighted by molar-refractivity contribution is 5.85. The molecule has 0 aliphatic rings. The molecule has 0 amide bonds. The lowest BCUT2D eigenvalue weighted by Gasteiger charge is -2.09. The molecule has 6 nitrogen and oxygen atoms in total. The minimum atomic E-state index is -0.490. The Labute approximate surface area is 113 Å². The van der Waals surface area contributed by atoms with Gasteiger partial charge in [0.25, 0.3) is 0 Å². The maximum absolute atomic E-state index is 10.9. The number of aromatic nitrogens is 1. The van der Waals surface area contributed by atoms with E-state index in [9.17, 15) is 15.2 Å². The largest absolute Gasteiger partial charge is 0.508 e. The van der Waals surface area contributed by atoms with Gasteiger partial charge in [-0.15, -0.1) is 0 Å². The van der Waals surface area contributed by atoms with E-state index in [-0.39, 0.29) is 17.2 Å². The third-order valence-corrected chi connectivity index (χ3v) is 3.29. The second kappa shape index (κ2) is 4.73. The Kier molecular flexibility index (Phi) is 2.90. The van der Waals surface area contributed by atoms with Crippen LogP contribution in [0.1, 0.15) is 17.2 Å². The Morgan fingerprint density at radius 1 is 1.40 bits per heavy atom. The quantitative estimate of drug-likeness (QED) is 0.564. The van der Waals surface area contributed by atoms with Crippen molar-refractivity contribution in [1.82, 2.24) is 4.98 Å². The van der Waals surface area contributed by atoms with Gasteiger partial charge in [-0.05, 0) is 35.9 Å². The first-order chi connectivity index (χ1) is 9.65. The fourth-order valence-electron chi connectivity index (χ4n) is 2.40. The van der Waals surface area contributed by atoms with Gasteiger partial charge in [0, 0.05) is 22.0 Å². The zero-order chi connectivity index (χ0) is 14.1. The lowest BCUT2D eigenvalue weighted by molar-refractivity contribution is -0.482. The van der Waals surface area contributed by atoms with Crippen LogP contribution in [0.3, 0.4) is 0 Å². The van der Waals surface area contributed by atoms with E-state index in [2.05, 4.69) is 4.98 Å². The number of phenolic OH excluding ortho intramolecular Hbond substituents is 1. The molecule has 0 aliphatic heterocycles. The Balaban J connectivity index is 2.13. The Hall–Kier alpha value is -2.76. The Morgan fingerprint density at radius 3 is 2.95 bits per heavy atom. The third-order valence-electron chi connectivity index (χ3n) is 3.29. The van der Waals surface area contributed by atoms with Gasteiger partial charge < -0.3 is 14.5 Å². The molecule has 3 aromatic rings. The van der Waals surface area contributed by atoms with Crippen LogP contribution in [0.15, 0.2) is 47.2 Å². The van der Waals surface area contributed by atoms with Crippen molar-refractivity contribution < 1.29 is 14.4 Å². The normalized spacial score (nSPS) is 12.6. The molecule has 0 fully saturated rings. The summed E-state index contributed by atoms with van der Waals surface area (Å²) in [6, 6.07) is 8.32. The lowest BCUT2D eigenvalue weighted by atomic mass is 9.96. The van der Waals surface area contributed by atoms with Gasteiger partial charge in [0.05, 0.1) is 6.26 Å². The van der Waals surface area contributed by atoms with Crippen LogP contribution < -0.4 is 0 Å². The minimum Gasteiger partial charge on any atom is -0.508 e. The average Bonchev–Trinajstić information content (AvgIpc) is 3.05. The fraction of sp³-hybridized carbons (Fsp3) is 0.143. The minimum absolute atomic E-state index is 0.123. The first-order valence-corrected chi connectivity index (χ1v) is 6.10. The summed E-state index contributed by atoms with van der Waals surface area (Å²) in [5.74, 6) is 0.166. The standard InChI is InChI=1S/C14H12N2O4/c17-9-3-4-13-10(6-9)11(7-15-13)12(8-16(18)19)14-2-1-5-20-14/h1-7,12,15,17H,8H2. The molecular formula is C14H12N2O4. The van der Waals surface area contributed by atoms with Crippen molar-refractivity contribution in [1.29, 1.82) is 0 Å². The molecule has 102 valence electrons. The van der Waals surface area contributed by atoms with Gasteiger partial charge in [-0.25, -0.2) is 0 Å². The van der Waals surface area contributed by atoms with Crippen LogP contribution in [-0.2, 0) is 0 Å². The smallest absolute Gasteiger partial charge is 0.217 e. The lowest BCUT2D eigenvalue weighted by Crippen LogP contribution is -2.13. The molecular weight excluding hydrogens is 260 g/mol. The van der Waals surface area contributed by atoms with Gasteiger partial charge in [0.15, 0.2) is 0 Å². The highest BCUT2D eigenvalue weighted by atomic mass is 16.6. The molecule has 3 rings (SSSR count). The maximum Gasteiger partial charge on any atom is 0.217 e. The summed E-state index contributed by atoms with van der Waals surface area (Å²) in [5.41, 5.74) is 1.56. The van der Waals surface area contributed by atoms with Crippen molar-refractivity contribution in [3.05, 3.63) is 64.2 Å². The molecule has 0 spiro atoms. The van der Waals surface area contributed by atoms with Crippen LogP contribution >= 0.6 is 0 Å². The van der Waals surface area contributed by atoms with Gasteiger partial charge in [-0.3, -0.25) is 10.1 Å². The summed E-state index contributed by atoms with van der Waals surface area (Å²) in [6.07, 6.45) is 3.22. The summed E-state index contributed by atoms with van der Waals surface area (Å²) in [6.45, 7) is -0.268. The number of nitro groups is 1. The van der Waals surface area contributed by atoms with Crippen molar-refractivity contribution in [2.24, 2.45) is 0 Å². The molecule has 20 heavy (non-hydrogen) atoms. The summed E-state index contributed by atoms with van der Waals surface area (Å²) in [7, 11) is 0. The van der Waals surface area contributed by atoms with E-state index in [4.69, 9.17) is 4.42 Å². The number of fused-ring (bicyclic) bond motifs is 1. The van der Waals surface area contributed by atoms with Gasteiger partial charge in [-0.2, -0.15) is 0 Å². The number of benzene rings is 1. The van der Waals surface area contributed by atoms with Crippen LogP contribution in [0.2, 0.25) is 0 Å². The highest BCUT2D eigenvalue weighted by Gasteiger charge is 2.25. The molecule has 0 radical (unpaired) electrons. The predicted molar refractivity (Wildman–Crippen MR) is 72.4 cm³/mol. The van der Waals surface area contributed by atoms with E-state index in [0.29, 0.717) is 5.76 Å². The van der Waals surface area contributed by atoms with Gasteiger partial charge >= 0.3 is 0 Å². The monoisotopic (exact) mass is 272 g/mol. The molecule has 2 N–H and O–H groups in total. The number of furan rings is 1. The maximum atomic E-state index is 10.9. The number of hydrogen-bond donors (Lipinski definition) is 2. The molecule has 0 aliphatic carbocycles. The van der Waals surface area contributed by atoms with E-state index < -0.39 is 5.92 Å². The number of nitrogens with one attached hydrogen (secondary N) is 1. The number of H-pyrrole nitrogens is 1. The SMILES string of the molecule is O=[N+]([O-])CC(c1ccco1)c1c[nH]c2ccc(O)cc12. The van der Waals surface area contributed by atoms with Crippen LogP contribution in [0, 0.1) is 10.1 Å². The zero-order valence-corrected chi connectivity index (χ0v) is 10.4. The van der Waals surface area contributed by atoms with Crippen LogP contribution in [-0.4, -0.2) is 21.6 Å². The highest BCUT2D eigenvalue weighted by Crippen LogP contribution is 2.32. The molecule has 0 saturated heterocycles.